The van der Waals surface area contributed by atoms with Crippen molar-refractivity contribution in [2.24, 2.45) is 0 Å². The van der Waals surface area contributed by atoms with E-state index in [9.17, 15) is 9.59 Å². The van der Waals surface area contributed by atoms with E-state index < -0.39 is 0 Å². The molecule has 0 radical (unpaired) electrons. The lowest BCUT2D eigenvalue weighted by atomic mass is 10.0. The van der Waals surface area contributed by atoms with Gasteiger partial charge in [0.2, 0.25) is 0 Å². The number of aromatic nitrogens is 3. The van der Waals surface area contributed by atoms with Crippen molar-refractivity contribution in [2.75, 3.05) is 5.32 Å². The van der Waals surface area contributed by atoms with E-state index in [4.69, 9.17) is 0 Å². The molecule has 1 amide bonds. The third-order valence-corrected chi connectivity index (χ3v) is 5.04. The summed E-state index contributed by atoms with van der Waals surface area (Å²) in [7, 11) is 0. The van der Waals surface area contributed by atoms with Crippen molar-refractivity contribution < 1.29 is 9.59 Å². The lowest BCUT2D eigenvalue weighted by molar-refractivity contribution is -0.116. The molecule has 158 valence electrons. The Bertz CT molecular complexity index is 1410. The number of fused-ring (bicyclic) bond motifs is 1. The summed E-state index contributed by atoms with van der Waals surface area (Å²) in [6, 6.07) is 12.9. The molecule has 1 aromatic carbocycles. The zero-order valence-corrected chi connectivity index (χ0v) is 18.1. The van der Waals surface area contributed by atoms with Gasteiger partial charge in [-0.3, -0.25) is 14.0 Å². The molecule has 6 heteroatoms. The smallest absolute Gasteiger partial charge is 0.256 e. The van der Waals surface area contributed by atoms with Crippen LogP contribution in [0.3, 0.4) is 0 Å². The Morgan fingerprint density at radius 2 is 1.91 bits per heavy atom. The van der Waals surface area contributed by atoms with Crippen LogP contribution >= 0.6 is 0 Å². The normalized spacial score (nSPS) is 10.5. The monoisotopic (exact) mass is 422 g/mol. The molecule has 0 saturated carbocycles. The van der Waals surface area contributed by atoms with Gasteiger partial charge < -0.3 is 5.32 Å². The van der Waals surface area contributed by atoms with E-state index in [1.54, 1.807) is 31.5 Å². The number of carbonyl (C=O) groups excluding carboxylic acids is 2. The number of aryl methyl sites for hydroxylation is 2. The van der Waals surface area contributed by atoms with Gasteiger partial charge in [-0.05, 0) is 68.2 Å². The van der Waals surface area contributed by atoms with Crippen LogP contribution < -0.4 is 5.32 Å². The van der Waals surface area contributed by atoms with E-state index in [0.29, 0.717) is 23.5 Å². The van der Waals surface area contributed by atoms with Crippen LogP contribution in [0.5, 0.6) is 0 Å². The molecule has 3 heterocycles. The van der Waals surface area contributed by atoms with Crippen molar-refractivity contribution in [2.45, 2.75) is 27.2 Å². The third-order valence-electron chi connectivity index (χ3n) is 5.04. The number of pyridine rings is 2. The minimum atomic E-state index is -0.241. The molecule has 0 aliphatic rings. The number of amides is 1. The number of rotatable bonds is 4. The van der Waals surface area contributed by atoms with Crippen LogP contribution in [0.4, 0.5) is 5.82 Å². The average Bonchev–Trinajstić information content (AvgIpc) is 3.17. The highest BCUT2D eigenvalue weighted by Crippen LogP contribution is 2.15. The molecule has 0 bridgehead atoms. The summed E-state index contributed by atoms with van der Waals surface area (Å²) in [5.74, 6) is 6.66. The largest absolute Gasteiger partial charge is 0.307 e. The number of hydrogen-bond donors (Lipinski definition) is 1. The van der Waals surface area contributed by atoms with Gasteiger partial charge in [0.25, 0.3) is 5.91 Å². The molecule has 0 unspecified atom stereocenters. The lowest BCUT2D eigenvalue weighted by Crippen LogP contribution is -2.13. The van der Waals surface area contributed by atoms with Crippen LogP contribution in [0.1, 0.15) is 45.2 Å². The van der Waals surface area contributed by atoms with Gasteiger partial charge in [0, 0.05) is 35.5 Å². The highest BCUT2D eigenvalue weighted by Gasteiger charge is 2.10. The molecule has 4 aromatic rings. The van der Waals surface area contributed by atoms with Crippen molar-refractivity contribution in [1.29, 1.82) is 0 Å². The SMILES string of the molecule is CC(=O)Cc1cccn2c(C#Cc3cc(C(=O)Nc4cc(C)ccn4)ccc3C)cnc12. The molecular weight excluding hydrogens is 400 g/mol. The molecule has 0 saturated heterocycles. The van der Waals surface area contributed by atoms with Gasteiger partial charge in [0.05, 0.1) is 6.20 Å². The molecule has 32 heavy (non-hydrogen) atoms. The summed E-state index contributed by atoms with van der Waals surface area (Å²) in [5.41, 5.74) is 5.55. The minimum Gasteiger partial charge on any atom is -0.307 e. The van der Waals surface area contributed by atoms with E-state index in [-0.39, 0.29) is 11.7 Å². The van der Waals surface area contributed by atoms with Crippen LogP contribution in [0.25, 0.3) is 5.65 Å². The van der Waals surface area contributed by atoms with Crippen LogP contribution in [-0.2, 0) is 11.2 Å². The van der Waals surface area contributed by atoms with Crippen molar-refractivity contribution in [3.05, 3.63) is 94.6 Å². The molecule has 0 atom stereocenters. The minimum absolute atomic E-state index is 0.0836. The summed E-state index contributed by atoms with van der Waals surface area (Å²) < 4.78 is 1.88. The number of nitrogens with one attached hydrogen (secondary N) is 1. The topological polar surface area (TPSA) is 76.4 Å². The van der Waals surface area contributed by atoms with Gasteiger partial charge in [-0.1, -0.05) is 18.1 Å². The highest BCUT2D eigenvalue weighted by atomic mass is 16.1. The molecule has 0 aliphatic carbocycles. The first-order valence-electron chi connectivity index (χ1n) is 10.2. The Morgan fingerprint density at radius 3 is 2.69 bits per heavy atom. The van der Waals surface area contributed by atoms with Gasteiger partial charge >= 0.3 is 0 Å². The predicted octanol–water partition coefficient (Wildman–Crippen LogP) is 4.13. The first kappa shape index (κ1) is 21.0. The second kappa shape index (κ2) is 8.86. The van der Waals surface area contributed by atoms with Crippen LogP contribution in [0.15, 0.2) is 61.1 Å². The first-order valence-corrected chi connectivity index (χ1v) is 10.2. The van der Waals surface area contributed by atoms with E-state index in [0.717, 1.165) is 27.9 Å². The molecular formula is C26H22N4O2. The van der Waals surface area contributed by atoms with Gasteiger partial charge in [-0.2, -0.15) is 0 Å². The highest BCUT2D eigenvalue weighted by molar-refractivity contribution is 6.04. The van der Waals surface area contributed by atoms with Crippen LogP contribution in [-0.4, -0.2) is 26.1 Å². The number of Topliss-reactive ketones (excluding diaryl/α,β-unsaturated/α-hetero) is 1. The Kier molecular flexibility index (Phi) is 5.82. The maximum absolute atomic E-state index is 12.7. The summed E-state index contributed by atoms with van der Waals surface area (Å²) in [6.45, 7) is 5.46. The number of anilines is 1. The van der Waals surface area contributed by atoms with Crippen LogP contribution in [0.2, 0.25) is 0 Å². The van der Waals surface area contributed by atoms with Crippen molar-refractivity contribution >= 4 is 23.2 Å². The molecule has 1 N–H and O–H groups in total. The van der Waals surface area contributed by atoms with Crippen molar-refractivity contribution in [3.63, 3.8) is 0 Å². The fourth-order valence-corrected chi connectivity index (χ4v) is 3.39. The number of imidazole rings is 1. The Labute approximate surface area is 186 Å². The second-order valence-corrected chi connectivity index (χ2v) is 7.70. The first-order chi connectivity index (χ1) is 15.4. The standard InChI is InChI=1S/C26H22N4O2/c1-17-10-11-27-24(13-17)29-26(32)22-7-6-18(2)20(15-22)8-9-23-16-28-25-21(14-19(3)31)5-4-12-30(23)25/h4-7,10-13,15-16H,14H2,1-3H3,(H,27,29,32). The van der Waals surface area contributed by atoms with Crippen molar-refractivity contribution in [1.82, 2.24) is 14.4 Å². The molecule has 3 aromatic heterocycles. The molecule has 6 nitrogen and oxygen atoms in total. The summed E-state index contributed by atoms with van der Waals surface area (Å²) in [5, 5.41) is 2.82. The van der Waals surface area contributed by atoms with Gasteiger partial charge in [-0.15, -0.1) is 0 Å². The number of ketones is 1. The Balaban J connectivity index is 1.62. The van der Waals surface area contributed by atoms with Gasteiger partial charge in [-0.25, -0.2) is 9.97 Å². The fraction of sp³-hybridized carbons (Fsp3) is 0.154. The number of nitrogens with zero attached hydrogens (tertiary/aromatic N) is 3. The van der Waals surface area contributed by atoms with Crippen molar-refractivity contribution in [3.8, 4) is 11.8 Å². The summed E-state index contributed by atoms with van der Waals surface area (Å²) in [4.78, 5) is 32.8. The summed E-state index contributed by atoms with van der Waals surface area (Å²) in [6.07, 6.45) is 5.57. The molecule has 4 rings (SSSR count). The zero-order chi connectivity index (χ0) is 22.7. The zero-order valence-electron chi connectivity index (χ0n) is 18.1. The second-order valence-electron chi connectivity index (χ2n) is 7.70. The van der Waals surface area contributed by atoms with Crippen LogP contribution in [0, 0.1) is 25.7 Å². The maximum atomic E-state index is 12.7. The fourth-order valence-electron chi connectivity index (χ4n) is 3.39. The van der Waals surface area contributed by atoms with E-state index in [1.165, 1.54) is 0 Å². The van der Waals surface area contributed by atoms with E-state index >= 15 is 0 Å². The molecule has 0 spiro atoms. The third kappa shape index (κ3) is 4.57. The molecule has 0 fully saturated rings. The number of benzene rings is 1. The molecule has 0 aliphatic heterocycles. The van der Waals surface area contributed by atoms with E-state index in [1.807, 2.05) is 54.8 Å². The van der Waals surface area contributed by atoms with Gasteiger partial charge in [0.15, 0.2) is 0 Å². The maximum Gasteiger partial charge on any atom is 0.256 e. The average molecular weight is 422 g/mol. The Hall–Kier alpha value is -4.24. The number of hydrogen-bond acceptors (Lipinski definition) is 4. The quantitative estimate of drug-likeness (QED) is 0.502. The summed E-state index contributed by atoms with van der Waals surface area (Å²) >= 11 is 0. The Morgan fingerprint density at radius 1 is 1.06 bits per heavy atom. The predicted molar refractivity (Wildman–Crippen MR) is 124 cm³/mol. The van der Waals surface area contributed by atoms with Gasteiger partial charge in [0.1, 0.15) is 22.9 Å². The van der Waals surface area contributed by atoms with E-state index in [2.05, 4.69) is 27.1 Å². The lowest BCUT2D eigenvalue weighted by Gasteiger charge is -2.07. The number of carbonyl (C=O) groups is 2.